The Bertz CT molecular complexity index is 1210. The van der Waals surface area contributed by atoms with Crippen LogP contribution in [-0.2, 0) is 30.4 Å². The maximum Gasteiger partial charge on any atom is 0.410 e. The number of rotatable bonds is 3. The average molecular weight is 556 g/mol. The fraction of sp³-hybridized carbons (Fsp3) is 0.586. The van der Waals surface area contributed by atoms with Crippen LogP contribution in [0, 0.1) is 17.2 Å². The van der Waals surface area contributed by atoms with E-state index in [0.717, 1.165) is 53.8 Å². The van der Waals surface area contributed by atoms with Gasteiger partial charge in [0.2, 0.25) is 0 Å². The van der Waals surface area contributed by atoms with Gasteiger partial charge in [-0.15, -0.1) is 0 Å². The predicted molar refractivity (Wildman–Crippen MR) is 153 cm³/mol. The Morgan fingerprint density at radius 2 is 2.00 bits per heavy atom. The number of thioether (sulfide) groups is 1. The molecule has 0 spiro atoms. The molecule has 4 rings (SSSR count). The molecule has 0 unspecified atom stereocenters. The molecule has 2 atom stereocenters. The van der Waals surface area contributed by atoms with Gasteiger partial charge < -0.3 is 14.5 Å². The summed E-state index contributed by atoms with van der Waals surface area (Å²) in [6.07, 6.45) is 6.46. The summed E-state index contributed by atoms with van der Waals surface area (Å²) >= 11 is 8.18. The molecular weight excluding hydrogens is 518 g/mol. The molecule has 2 aromatic rings. The minimum Gasteiger partial charge on any atom is -0.444 e. The van der Waals surface area contributed by atoms with Crippen molar-refractivity contribution in [3.05, 3.63) is 45.6 Å². The van der Waals surface area contributed by atoms with Gasteiger partial charge in [0.05, 0.1) is 24.2 Å². The third-order valence-corrected chi connectivity index (χ3v) is 8.16. The molecule has 7 nitrogen and oxygen atoms in total. The molecule has 2 aliphatic rings. The highest BCUT2D eigenvalue weighted by Gasteiger charge is 2.35. The normalized spacial score (nSPS) is 20.2. The topological polar surface area (TPSA) is 82.4 Å². The second-order valence-electron chi connectivity index (χ2n) is 11.3. The molecule has 1 aliphatic heterocycles. The van der Waals surface area contributed by atoms with E-state index in [2.05, 4.69) is 24.0 Å². The number of piperazine rings is 1. The van der Waals surface area contributed by atoms with E-state index in [0.29, 0.717) is 25.6 Å². The van der Waals surface area contributed by atoms with Crippen LogP contribution in [0.25, 0.3) is 0 Å². The van der Waals surface area contributed by atoms with Gasteiger partial charge in [-0.1, -0.05) is 42.4 Å². The maximum absolute atomic E-state index is 12.9. The van der Waals surface area contributed by atoms with E-state index >= 15 is 0 Å². The van der Waals surface area contributed by atoms with Crippen molar-refractivity contribution in [2.75, 3.05) is 30.8 Å². The Hall–Kier alpha value is -2.50. The summed E-state index contributed by atoms with van der Waals surface area (Å²) in [5.41, 5.74) is 4.24. The highest BCUT2D eigenvalue weighted by molar-refractivity contribution is 7.98. The number of halogens is 1. The lowest BCUT2D eigenvalue weighted by Gasteiger charge is -2.42. The molecule has 204 valence electrons. The molecule has 2 heterocycles. The minimum atomic E-state index is -0.589. The van der Waals surface area contributed by atoms with Crippen LogP contribution in [0.3, 0.4) is 0 Å². The number of hydrogen-bond donors (Lipinski definition) is 0. The van der Waals surface area contributed by atoms with E-state index in [-0.39, 0.29) is 18.6 Å². The molecule has 1 amide bonds. The van der Waals surface area contributed by atoms with Crippen LogP contribution in [0.15, 0.2) is 23.4 Å². The number of hydrogen-bond acceptors (Lipinski definition) is 7. The zero-order valence-corrected chi connectivity index (χ0v) is 24.7. The molecule has 1 fully saturated rings. The van der Waals surface area contributed by atoms with E-state index < -0.39 is 5.60 Å². The monoisotopic (exact) mass is 555 g/mol. The largest absolute Gasteiger partial charge is 0.444 e. The standard InChI is InChI=1S/C29H38ClN5O2S/c1-19-9-11-22-20(7-6-8-24(22)30)10-12-23-25(17-19)32-27(38-5)33-26(23)34-15-16-35(21(18-34)13-14-31)28(36)37-29(2,3)4/h6-8,19,21H,9-13,15-18H2,1-5H3/t19-,21-/m0/s1. The van der Waals surface area contributed by atoms with Crippen molar-refractivity contribution in [3.63, 3.8) is 0 Å². The summed E-state index contributed by atoms with van der Waals surface area (Å²) in [7, 11) is 0. The van der Waals surface area contributed by atoms with Crippen molar-refractivity contribution in [3.8, 4) is 6.07 Å². The first-order valence-corrected chi connectivity index (χ1v) is 15.0. The molecule has 0 bridgehead atoms. The summed E-state index contributed by atoms with van der Waals surface area (Å²) < 4.78 is 5.65. The van der Waals surface area contributed by atoms with Crippen molar-refractivity contribution >= 4 is 35.3 Å². The fourth-order valence-corrected chi connectivity index (χ4v) is 6.03. The van der Waals surface area contributed by atoms with Gasteiger partial charge in [0.15, 0.2) is 5.16 Å². The van der Waals surface area contributed by atoms with Gasteiger partial charge in [0.25, 0.3) is 0 Å². The number of fused-ring (bicyclic) bond motifs is 2. The molecule has 1 aromatic carbocycles. The number of benzene rings is 1. The summed E-state index contributed by atoms with van der Waals surface area (Å²) in [5, 5.41) is 11.2. The third kappa shape index (κ3) is 6.73. The van der Waals surface area contributed by atoms with Crippen molar-refractivity contribution in [2.24, 2.45) is 5.92 Å². The number of aromatic nitrogens is 2. The second kappa shape index (κ2) is 12.1. The van der Waals surface area contributed by atoms with Gasteiger partial charge in [-0.2, -0.15) is 5.26 Å². The van der Waals surface area contributed by atoms with Crippen LogP contribution in [0.4, 0.5) is 10.6 Å². The first-order chi connectivity index (χ1) is 18.1. The van der Waals surface area contributed by atoms with Crippen LogP contribution < -0.4 is 4.90 Å². The lowest BCUT2D eigenvalue weighted by molar-refractivity contribution is 0.0144. The molecule has 38 heavy (non-hydrogen) atoms. The van der Waals surface area contributed by atoms with Crippen LogP contribution in [0.2, 0.25) is 5.02 Å². The summed E-state index contributed by atoms with van der Waals surface area (Å²) in [5.74, 6) is 1.38. The van der Waals surface area contributed by atoms with Crippen LogP contribution in [0.5, 0.6) is 0 Å². The Kier molecular flexibility index (Phi) is 9.10. The number of aryl methyl sites for hydroxylation is 1. The van der Waals surface area contributed by atoms with E-state index in [1.165, 1.54) is 16.7 Å². The first kappa shape index (κ1) is 28.5. The molecular formula is C29H38ClN5O2S. The van der Waals surface area contributed by atoms with Crippen LogP contribution in [-0.4, -0.2) is 58.5 Å². The number of carbonyl (C=O) groups is 1. The Morgan fingerprint density at radius 3 is 2.71 bits per heavy atom. The highest BCUT2D eigenvalue weighted by atomic mass is 35.5. The number of nitrogens with zero attached hydrogens (tertiary/aromatic N) is 5. The fourth-order valence-electron chi connectivity index (χ4n) is 5.36. The SMILES string of the molecule is CSc1nc2c(c(N3CCN(C(=O)OC(C)(C)C)[C@@H](CC#N)C3)n1)CCc1cccc(Cl)c1CC[C@H](C)C2. The number of nitriles is 1. The van der Waals surface area contributed by atoms with Crippen molar-refractivity contribution in [1.82, 2.24) is 14.9 Å². The zero-order valence-electron chi connectivity index (χ0n) is 23.1. The lowest BCUT2D eigenvalue weighted by atomic mass is 9.88. The Morgan fingerprint density at radius 1 is 1.21 bits per heavy atom. The number of anilines is 1. The van der Waals surface area contributed by atoms with E-state index in [1.54, 1.807) is 16.7 Å². The minimum absolute atomic E-state index is 0.237. The van der Waals surface area contributed by atoms with Crippen molar-refractivity contribution < 1.29 is 9.53 Å². The van der Waals surface area contributed by atoms with Gasteiger partial charge in [-0.05, 0) is 82.2 Å². The molecule has 0 saturated carbocycles. The molecule has 0 N–H and O–H groups in total. The number of ether oxygens (including phenoxy) is 1. The van der Waals surface area contributed by atoms with Gasteiger partial charge >= 0.3 is 6.09 Å². The quantitative estimate of drug-likeness (QED) is 0.334. The van der Waals surface area contributed by atoms with E-state index in [9.17, 15) is 10.1 Å². The highest BCUT2D eigenvalue weighted by Crippen LogP contribution is 2.33. The lowest BCUT2D eigenvalue weighted by Crippen LogP contribution is -2.56. The summed E-state index contributed by atoms with van der Waals surface area (Å²) in [6.45, 7) is 9.49. The first-order valence-electron chi connectivity index (χ1n) is 13.4. The molecule has 1 aromatic heterocycles. The average Bonchev–Trinajstić information content (AvgIpc) is 2.86. The molecule has 0 radical (unpaired) electrons. The number of carbonyl (C=O) groups excluding carboxylic acids is 1. The van der Waals surface area contributed by atoms with Crippen LogP contribution >= 0.6 is 23.4 Å². The smallest absolute Gasteiger partial charge is 0.410 e. The van der Waals surface area contributed by atoms with Crippen LogP contribution in [0.1, 0.15) is 62.9 Å². The maximum atomic E-state index is 12.9. The van der Waals surface area contributed by atoms with Crippen molar-refractivity contribution in [1.29, 1.82) is 5.26 Å². The van der Waals surface area contributed by atoms with E-state index in [1.807, 2.05) is 39.2 Å². The third-order valence-electron chi connectivity index (χ3n) is 7.26. The zero-order chi connectivity index (χ0) is 27.4. The molecule has 1 aliphatic carbocycles. The van der Waals surface area contributed by atoms with E-state index in [4.69, 9.17) is 26.3 Å². The Labute approximate surface area is 235 Å². The summed E-state index contributed by atoms with van der Waals surface area (Å²) in [4.78, 5) is 26.9. The second-order valence-corrected chi connectivity index (χ2v) is 12.5. The van der Waals surface area contributed by atoms with Gasteiger partial charge in [-0.25, -0.2) is 14.8 Å². The molecule has 1 saturated heterocycles. The Balaban J connectivity index is 1.69. The number of amides is 1. The van der Waals surface area contributed by atoms with Gasteiger partial charge in [0, 0.05) is 30.2 Å². The molecule has 9 heteroatoms. The predicted octanol–water partition coefficient (Wildman–Crippen LogP) is 6.10. The van der Waals surface area contributed by atoms with Gasteiger partial charge in [0.1, 0.15) is 11.4 Å². The van der Waals surface area contributed by atoms with Gasteiger partial charge in [-0.3, -0.25) is 0 Å². The van der Waals surface area contributed by atoms with Crippen molar-refractivity contribution in [2.45, 2.75) is 83.0 Å². The summed E-state index contributed by atoms with van der Waals surface area (Å²) in [6, 6.07) is 8.21.